The molecule has 2 unspecified atom stereocenters. The Labute approximate surface area is 242 Å². The highest BCUT2D eigenvalue weighted by Gasteiger charge is 2.44. The number of benzene rings is 2. The quantitative estimate of drug-likeness (QED) is 0.315. The smallest absolute Gasteiger partial charge is 0.320 e. The summed E-state index contributed by atoms with van der Waals surface area (Å²) in [6.07, 6.45) is 9.91. The van der Waals surface area contributed by atoms with Gasteiger partial charge in [0, 0.05) is 54.1 Å². The fraction of sp³-hybridized carbons (Fsp3) is 0.406. The van der Waals surface area contributed by atoms with Gasteiger partial charge >= 0.3 is 6.01 Å². The summed E-state index contributed by atoms with van der Waals surface area (Å²) < 4.78 is 37.1. The van der Waals surface area contributed by atoms with Crippen molar-refractivity contribution in [2.45, 2.75) is 37.8 Å². The first-order valence-corrected chi connectivity index (χ1v) is 14.3. The van der Waals surface area contributed by atoms with E-state index in [2.05, 4.69) is 26.0 Å². The summed E-state index contributed by atoms with van der Waals surface area (Å²) in [6, 6.07) is 7.72. The van der Waals surface area contributed by atoms with Crippen LogP contribution in [0.3, 0.4) is 0 Å². The second kappa shape index (κ2) is 10.0. The van der Waals surface area contributed by atoms with E-state index in [1.54, 1.807) is 0 Å². The second-order valence-corrected chi connectivity index (χ2v) is 12.2. The Hall–Kier alpha value is -4.07. The van der Waals surface area contributed by atoms with Gasteiger partial charge < -0.3 is 25.0 Å². The number of aromatic hydroxyl groups is 1. The molecular weight excluding hydrogens is 538 g/mol. The van der Waals surface area contributed by atoms with E-state index < -0.39 is 11.6 Å². The van der Waals surface area contributed by atoms with E-state index in [0.29, 0.717) is 53.9 Å². The SMILES string of the molecule is C#Cc1c(F)ccc2cc(O)cc(-c3cc(F)c4c(N5CC6CCC(C5)N6)nc(OCC5(CN(C)C)CC5)nc4n3)c12. The normalized spacial score (nSPS) is 20.8. The number of terminal acetylenes is 1. The van der Waals surface area contributed by atoms with Crippen LogP contribution in [0.25, 0.3) is 33.1 Å². The van der Waals surface area contributed by atoms with Crippen molar-refractivity contribution in [3.05, 3.63) is 47.5 Å². The lowest BCUT2D eigenvalue weighted by atomic mass is 9.96. The van der Waals surface area contributed by atoms with Gasteiger partial charge in [0.15, 0.2) is 5.65 Å². The number of phenolic OH excluding ortho intramolecular Hbond substituents is 1. The highest BCUT2D eigenvalue weighted by molar-refractivity contribution is 6.02. The Morgan fingerprint density at radius 2 is 1.83 bits per heavy atom. The van der Waals surface area contributed by atoms with Gasteiger partial charge in [0.25, 0.3) is 0 Å². The summed E-state index contributed by atoms with van der Waals surface area (Å²) in [5.74, 6) is 1.64. The predicted molar refractivity (Wildman–Crippen MR) is 158 cm³/mol. The van der Waals surface area contributed by atoms with E-state index in [0.717, 1.165) is 32.2 Å². The lowest BCUT2D eigenvalue weighted by Gasteiger charge is -2.34. The van der Waals surface area contributed by atoms with Crippen molar-refractivity contribution in [3.63, 3.8) is 0 Å². The first-order valence-electron chi connectivity index (χ1n) is 14.3. The van der Waals surface area contributed by atoms with Gasteiger partial charge in [-0.15, -0.1) is 6.42 Å². The molecule has 4 heterocycles. The highest BCUT2D eigenvalue weighted by atomic mass is 19.1. The minimum Gasteiger partial charge on any atom is -0.508 e. The molecule has 3 fully saturated rings. The molecule has 1 saturated carbocycles. The van der Waals surface area contributed by atoms with Crippen molar-refractivity contribution in [1.29, 1.82) is 0 Å². The van der Waals surface area contributed by atoms with Crippen molar-refractivity contribution < 1.29 is 18.6 Å². The maximum absolute atomic E-state index is 16.2. The van der Waals surface area contributed by atoms with Gasteiger partial charge in [-0.2, -0.15) is 9.97 Å². The Morgan fingerprint density at radius 1 is 1.07 bits per heavy atom. The van der Waals surface area contributed by atoms with Crippen molar-refractivity contribution >= 4 is 27.6 Å². The fourth-order valence-electron chi connectivity index (χ4n) is 6.63. The van der Waals surface area contributed by atoms with Gasteiger partial charge in [-0.3, -0.25) is 0 Å². The Balaban J connectivity index is 1.38. The minimum absolute atomic E-state index is 0.0177. The molecule has 4 aromatic rings. The molecule has 0 amide bonds. The summed E-state index contributed by atoms with van der Waals surface area (Å²) in [6.45, 7) is 2.73. The summed E-state index contributed by atoms with van der Waals surface area (Å²) in [4.78, 5) is 18.3. The fourth-order valence-corrected chi connectivity index (χ4v) is 6.63. The minimum atomic E-state index is -0.585. The lowest BCUT2D eigenvalue weighted by molar-refractivity contribution is 0.183. The molecule has 2 saturated heterocycles. The van der Waals surface area contributed by atoms with E-state index in [1.165, 1.54) is 30.3 Å². The van der Waals surface area contributed by atoms with Gasteiger partial charge in [-0.25, -0.2) is 13.8 Å². The molecule has 0 spiro atoms. The number of halogens is 2. The van der Waals surface area contributed by atoms with E-state index in [4.69, 9.17) is 21.1 Å². The number of nitrogens with one attached hydrogen (secondary N) is 1. The number of rotatable bonds is 7. The van der Waals surface area contributed by atoms with Gasteiger partial charge in [0.05, 0.1) is 23.3 Å². The third kappa shape index (κ3) is 4.76. The van der Waals surface area contributed by atoms with E-state index in [9.17, 15) is 9.50 Å². The first-order chi connectivity index (χ1) is 20.2. The van der Waals surface area contributed by atoms with Gasteiger partial charge in [-0.1, -0.05) is 12.0 Å². The molecular formula is C32H32F2N6O2. The largest absolute Gasteiger partial charge is 0.508 e. The van der Waals surface area contributed by atoms with E-state index in [-0.39, 0.29) is 39.5 Å². The van der Waals surface area contributed by atoms with Crippen LogP contribution >= 0.6 is 0 Å². The molecule has 10 heteroatoms. The van der Waals surface area contributed by atoms with Crippen LogP contribution in [0, 0.1) is 29.4 Å². The van der Waals surface area contributed by atoms with Crippen LogP contribution in [0.1, 0.15) is 31.2 Å². The molecule has 2 aromatic carbocycles. The summed E-state index contributed by atoms with van der Waals surface area (Å²) >= 11 is 0. The number of anilines is 1. The zero-order valence-corrected chi connectivity index (χ0v) is 23.6. The molecule has 2 atom stereocenters. The number of nitrogens with zero attached hydrogens (tertiary/aromatic N) is 5. The highest BCUT2D eigenvalue weighted by Crippen LogP contribution is 2.46. The maximum Gasteiger partial charge on any atom is 0.320 e. The summed E-state index contributed by atoms with van der Waals surface area (Å²) in [7, 11) is 4.08. The zero-order chi connectivity index (χ0) is 29.2. The molecule has 3 aliphatic rings. The molecule has 0 radical (unpaired) electrons. The van der Waals surface area contributed by atoms with E-state index >= 15 is 4.39 Å². The molecule has 2 aliphatic heterocycles. The zero-order valence-electron chi connectivity index (χ0n) is 23.6. The Morgan fingerprint density at radius 3 is 2.52 bits per heavy atom. The predicted octanol–water partition coefficient (Wildman–Crippen LogP) is 4.47. The Bertz CT molecular complexity index is 1750. The van der Waals surface area contributed by atoms with Crippen molar-refractivity contribution in [2.24, 2.45) is 5.41 Å². The van der Waals surface area contributed by atoms with Crippen LogP contribution in [-0.2, 0) is 0 Å². The van der Waals surface area contributed by atoms with Crippen LogP contribution in [0.5, 0.6) is 11.8 Å². The first kappa shape index (κ1) is 26.8. The number of phenols is 1. The molecule has 2 bridgehead atoms. The van der Waals surface area contributed by atoms with Crippen molar-refractivity contribution in [1.82, 2.24) is 25.2 Å². The number of hydrogen-bond donors (Lipinski definition) is 2. The average Bonchev–Trinajstić information content (AvgIpc) is 3.64. The lowest BCUT2D eigenvalue weighted by Crippen LogP contribution is -2.51. The maximum atomic E-state index is 16.2. The standard InChI is InChI=1S/C32H32F2N6O2/c1-4-22-24(33)8-5-18-11-21(41)12-23(27(18)22)26-13-25(34)28-29(36-26)37-31(42-17-32(9-10-32)16-39(2)3)38-30(28)40-14-19-6-7-20(15-40)35-19/h1,5,8,11-13,19-20,35,41H,6-7,9-10,14-17H2,2-3H3. The van der Waals surface area contributed by atoms with Gasteiger partial charge in [0.1, 0.15) is 23.2 Å². The average molecular weight is 571 g/mol. The summed E-state index contributed by atoms with van der Waals surface area (Å²) in [5, 5.41) is 15.2. The number of fused-ring (bicyclic) bond motifs is 4. The summed E-state index contributed by atoms with van der Waals surface area (Å²) in [5.41, 5.74) is 0.675. The van der Waals surface area contributed by atoms with Crippen LogP contribution in [0.4, 0.5) is 14.6 Å². The molecule has 1 aliphatic carbocycles. The number of hydrogen-bond acceptors (Lipinski definition) is 8. The van der Waals surface area contributed by atoms with Crippen molar-refractivity contribution in [3.8, 4) is 35.4 Å². The topological polar surface area (TPSA) is 86.6 Å². The van der Waals surface area contributed by atoms with Crippen LogP contribution in [-0.4, -0.2) is 77.4 Å². The van der Waals surface area contributed by atoms with Gasteiger partial charge in [0.2, 0.25) is 0 Å². The third-order valence-electron chi connectivity index (χ3n) is 8.68. The number of piperazine rings is 1. The molecule has 2 N–H and O–H groups in total. The van der Waals surface area contributed by atoms with Crippen LogP contribution in [0.2, 0.25) is 0 Å². The van der Waals surface area contributed by atoms with Gasteiger partial charge in [-0.05, 0) is 63.4 Å². The van der Waals surface area contributed by atoms with Crippen LogP contribution < -0.4 is 15.0 Å². The van der Waals surface area contributed by atoms with Crippen LogP contribution in [0.15, 0.2) is 30.3 Å². The van der Waals surface area contributed by atoms with Crippen molar-refractivity contribution in [2.75, 3.05) is 45.2 Å². The number of ether oxygens (including phenoxy) is 1. The molecule has 8 nitrogen and oxygen atoms in total. The second-order valence-electron chi connectivity index (χ2n) is 12.2. The number of pyridine rings is 1. The third-order valence-corrected chi connectivity index (χ3v) is 8.68. The molecule has 2 aromatic heterocycles. The number of aromatic nitrogens is 3. The monoisotopic (exact) mass is 570 g/mol. The van der Waals surface area contributed by atoms with E-state index in [1.807, 2.05) is 14.1 Å². The molecule has 216 valence electrons. The Kier molecular flexibility index (Phi) is 6.40. The molecule has 7 rings (SSSR count). The molecule has 42 heavy (non-hydrogen) atoms.